The molecule has 80 valence electrons. The van der Waals surface area contributed by atoms with Crippen LogP contribution in [0, 0.1) is 5.92 Å². The van der Waals surface area contributed by atoms with E-state index in [1.54, 1.807) is 6.92 Å². The highest BCUT2D eigenvalue weighted by Crippen LogP contribution is 2.07. The molecule has 0 aliphatic carbocycles. The van der Waals surface area contributed by atoms with E-state index in [2.05, 4.69) is 10.6 Å². The molecular formula is C9H16N2O3. The Hall–Kier alpha value is -1.10. The van der Waals surface area contributed by atoms with Gasteiger partial charge in [-0.25, -0.2) is 0 Å². The molecule has 1 saturated heterocycles. The van der Waals surface area contributed by atoms with Gasteiger partial charge in [0.2, 0.25) is 5.91 Å². The Morgan fingerprint density at radius 1 is 1.64 bits per heavy atom. The number of hydrogen-bond donors (Lipinski definition) is 3. The van der Waals surface area contributed by atoms with Crippen LogP contribution >= 0.6 is 0 Å². The number of carbonyl (C=O) groups excluding carboxylic acids is 1. The Bertz CT molecular complexity index is 242. The van der Waals surface area contributed by atoms with Crippen LogP contribution in [0.1, 0.15) is 20.3 Å². The number of amides is 1. The van der Waals surface area contributed by atoms with E-state index in [4.69, 9.17) is 5.11 Å². The number of nitrogens with one attached hydrogen (secondary N) is 2. The third-order valence-corrected chi connectivity index (χ3v) is 2.62. The molecule has 0 aromatic heterocycles. The zero-order valence-corrected chi connectivity index (χ0v) is 8.41. The fourth-order valence-electron chi connectivity index (χ4n) is 1.45. The molecule has 14 heavy (non-hydrogen) atoms. The van der Waals surface area contributed by atoms with Gasteiger partial charge in [0.15, 0.2) is 0 Å². The summed E-state index contributed by atoms with van der Waals surface area (Å²) >= 11 is 0. The number of carbonyl (C=O) groups is 2. The molecule has 1 fully saturated rings. The average Bonchev–Trinajstić information content (AvgIpc) is 2.49. The molecule has 5 heteroatoms. The second-order valence-electron chi connectivity index (χ2n) is 3.79. The molecule has 3 unspecified atom stereocenters. The maximum absolute atomic E-state index is 10.9. The number of carboxylic acids is 1. The lowest BCUT2D eigenvalue weighted by atomic mass is 10.0. The molecule has 3 N–H and O–H groups in total. The van der Waals surface area contributed by atoms with Crippen LogP contribution in [0.3, 0.4) is 0 Å². The first kappa shape index (κ1) is 11.0. The van der Waals surface area contributed by atoms with Gasteiger partial charge in [0.1, 0.15) is 0 Å². The molecule has 1 aliphatic rings. The third kappa shape index (κ3) is 2.70. The van der Waals surface area contributed by atoms with Gasteiger partial charge in [0, 0.05) is 25.0 Å². The summed E-state index contributed by atoms with van der Waals surface area (Å²) < 4.78 is 0. The minimum atomic E-state index is -0.817. The van der Waals surface area contributed by atoms with E-state index in [1.165, 1.54) is 0 Å². The predicted octanol–water partition coefficient (Wildman–Crippen LogP) is -0.426. The molecular weight excluding hydrogens is 184 g/mol. The van der Waals surface area contributed by atoms with Crippen molar-refractivity contribution in [3.63, 3.8) is 0 Å². The van der Waals surface area contributed by atoms with E-state index in [0.29, 0.717) is 13.0 Å². The second-order valence-corrected chi connectivity index (χ2v) is 3.79. The highest BCUT2D eigenvalue weighted by Gasteiger charge is 2.26. The number of hydrogen-bond acceptors (Lipinski definition) is 3. The Morgan fingerprint density at radius 3 is 2.71 bits per heavy atom. The maximum atomic E-state index is 10.9. The molecule has 1 rings (SSSR count). The van der Waals surface area contributed by atoms with E-state index in [0.717, 1.165) is 0 Å². The fourth-order valence-corrected chi connectivity index (χ4v) is 1.45. The van der Waals surface area contributed by atoms with Crippen LogP contribution in [0.5, 0.6) is 0 Å². The Morgan fingerprint density at radius 2 is 2.29 bits per heavy atom. The van der Waals surface area contributed by atoms with Gasteiger partial charge < -0.3 is 15.7 Å². The van der Waals surface area contributed by atoms with E-state index in [-0.39, 0.29) is 18.0 Å². The van der Waals surface area contributed by atoms with Crippen molar-refractivity contribution in [2.75, 3.05) is 6.54 Å². The van der Waals surface area contributed by atoms with E-state index < -0.39 is 11.9 Å². The van der Waals surface area contributed by atoms with Crippen LogP contribution in [0.4, 0.5) is 0 Å². The summed E-state index contributed by atoms with van der Waals surface area (Å²) in [6.45, 7) is 4.07. The van der Waals surface area contributed by atoms with Gasteiger partial charge in [0.25, 0.3) is 0 Å². The van der Waals surface area contributed by atoms with Crippen LogP contribution in [-0.4, -0.2) is 35.6 Å². The van der Waals surface area contributed by atoms with Gasteiger partial charge in [0.05, 0.1) is 5.92 Å². The fraction of sp³-hybridized carbons (Fsp3) is 0.778. The van der Waals surface area contributed by atoms with Crippen LogP contribution < -0.4 is 10.6 Å². The van der Waals surface area contributed by atoms with Gasteiger partial charge in [-0.15, -0.1) is 0 Å². The van der Waals surface area contributed by atoms with Crippen molar-refractivity contribution in [3.05, 3.63) is 0 Å². The monoisotopic (exact) mass is 200 g/mol. The first-order valence-corrected chi connectivity index (χ1v) is 4.76. The minimum absolute atomic E-state index is 0.0256. The van der Waals surface area contributed by atoms with Gasteiger partial charge in [-0.1, -0.05) is 6.92 Å². The second kappa shape index (κ2) is 4.41. The van der Waals surface area contributed by atoms with E-state index >= 15 is 0 Å². The lowest BCUT2D eigenvalue weighted by Crippen LogP contribution is -2.43. The molecule has 0 radical (unpaired) electrons. The molecule has 0 spiro atoms. The van der Waals surface area contributed by atoms with Gasteiger partial charge in [-0.05, 0) is 6.92 Å². The van der Waals surface area contributed by atoms with Crippen molar-refractivity contribution >= 4 is 11.9 Å². The molecule has 0 saturated carbocycles. The summed E-state index contributed by atoms with van der Waals surface area (Å²) in [5.41, 5.74) is 0. The Balaban J connectivity index is 2.36. The van der Waals surface area contributed by atoms with Crippen molar-refractivity contribution < 1.29 is 14.7 Å². The number of carboxylic acid groups (broad SMARTS) is 1. The third-order valence-electron chi connectivity index (χ3n) is 2.62. The van der Waals surface area contributed by atoms with Crippen LogP contribution in [0.2, 0.25) is 0 Å². The number of rotatable bonds is 4. The van der Waals surface area contributed by atoms with Gasteiger partial charge in [-0.3, -0.25) is 9.59 Å². The van der Waals surface area contributed by atoms with Crippen molar-refractivity contribution in [1.29, 1.82) is 0 Å². The molecule has 1 aliphatic heterocycles. The van der Waals surface area contributed by atoms with Crippen LogP contribution in [-0.2, 0) is 9.59 Å². The topological polar surface area (TPSA) is 78.4 Å². The van der Waals surface area contributed by atoms with Crippen LogP contribution in [0.15, 0.2) is 0 Å². The quantitative estimate of drug-likeness (QED) is 0.575. The molecule has 5 nitrogen and oxygen atoms in total. The molecule has 0 aromatic carbocycles. The lowest BCUT2D eigenvalue weighted by molar-refractivity contribution is -0.142. The molecule has 3 atom stereocenters. The van der Waals surface area contributed by atoms with Crippen LogP contribution in [0.25, 0.3) is 0 Å². The van der Waals surface area contributed by atoms with E-state index in [1.807, 2.05) is 6.92 Å². The summed E-state index contributed by atoms with van der Waals surface area (Å²) in [4.78, 5) is 21.5. The highest BCUT2D eigenvalue weighted by molar-refractivity contribution is 5.79. The smallest absolute Gasteiger partial charge is 0.307 e. The number of aliphatic carboxylic acids is 1. The summed E-state index contributed by atoms with van der Waals surface area (Å²) in [6.07, 6.45) is 0.441. The largest absolute Gasteiger partial charge is 0.481 e. The van der Waals surface area contributed by atoms with Crippen molar-refractivity contribution in [2.45, 2.75) is 32.4 Å². The minimum Gasteiger partial charge on any atom is -0.481 e. The Labute approximate surface area is 82.9 Å². The average molecular weight is 200 g/mol. The highest BCUT2D eigenvalue weighted by atomic mass is 16.4. The first-order valence-electron chi connectivity index (χ1n) is 4.76. The zero-order valence-electron chi connectivity index (χ0n) is 8.41. The summed E-state index contributed by atoms with van der Waals surface area (Å²) in [7, 11) is 0. The van der Waals surface area contributed by atoms with Crippen molar-refractivity contribution in [1.82, 2.24) is 10.6 Å². The normalized spacial score (nSPS) is 25.6. The predicted molar refractivity (Wildman–Crippen MR) is 50.8 cm³/mol. The standard InChI is InChI=1S/C9H16N2O3/c1-5(9(13)14)6(2)11-7-3-8(12)10-4-7/h5-7,11H,3-4H2,1-2H3,(H,10,12)(H,13,14). The SMILES string of the molecule is CC(NC1CNC(=O)C1)C(C)C(=O)O. The van der Waals surface area contributed by atoms with Gasteiger partial charge in [-0.2, -0.15) is 0 Å². The molecule has 1 heterocycles. The van der Waals surface area contributed by atoms with Crippen molar-refractivity contribution in [2.24, 2.45) is 5.92 Å². The van der Waals surface area contributed by atoms with E-state index in [9.17, 15) is 9.59 Å². The Kier molecular flexibility index (Phi) is 3.46. The summed E-state index contributed by atoms with van der Waals surface area (Å²) in [5.74, 6) is -1.23. The summed E-state index contributed by atoms with van der Waals surface area (Å²) in [5, 5.41) is 14.6. The first-order chi connectivity index (χ1) is 6.50. The molecule has 1 amide bonds. The molecule has 0 bridgehead atoms. The molecule has 0 aromatic rings. The maximum Gasteiger partial charge on any atom is 0.307 e. The lowest BCUT2D eigenvalue weighted by Gasteiger charge is -2.21. The van der Waals surface area contributed by atoms with Crippen molar-refractivity contribution in [3.8, 4) is 0 Å². The van der Waals surface area contributed by atoms with Gasteiger partial charge >= 0.3 is 5.97 Å². The zero-order chi connectivity index (χ0) is 10.7. The summed E-state index contributed by atoms with van der Waals surface area (Å²) in [6, 6.07) is -0.0514.